The van der Waals surface area contributed by atoms with Gasteiger partial charge in [-0.05, 0) is 45.8 Å². The van der Waals surface area contributed by atoms with Gasteiger partial charge in [-0.2, -0.15) is 0 Å². The number of aryl methyl sites for hydroxylation is 1. The Hall–Kier alpha value is -1.13. The highest BCUT2D eigenvalue weighted by Crippen LogP contribution is 2.18. The third-order valence-electron chi connectivity index (χ3n) is 4.30. The number of piperidine rings is 1. The lowest BCUT2D eigenvalue weighted by molar-refractivity contribution is 0.170. The third kappa shape index (κ3) is 3.25. The SMILES string of the molecule is Cc1ccc(CN)c(=O)n1CCC1CCCCN1C. The molecular formula is C15H25N3O. The topological polar surface area (TPSA) is 51.3 Å². The molecule has 0 aromatic carbocycles. The quantitative estimate of drug-likeness (QED) is 0.895. The van der Waals surface area contributed by atoms with Gasteiger partial charge >= 0.3 is 0 Å². The van der Waals surface area contributed by atoms with Gasteiger partial charge in [-0.3, -0.25) is 4.79 Å². The first-order valence-corrected chi connectivity index (χ1v) is 7.23. The Labute approximate surface area is 115 Å². The molecule has 1 aromatic rings. The molecule has 0 bridgehead atoms. The summed E-state index contributed by atoms with van der Waals surface area (Å²) in [6, 6.07) is 4.45. The highest BCUT2D eigenvalue weighted by atomic mass is 16.1. The highest BCUT2D eigenvalue weighted by molar-refractivity contribution is 5.15. The van der Waals surface area contributed by atoms with Gasteiger partial charge in [0.25, 0.3) is 5.56 Å². The van der Waals surface area contributed by atoms with E-state index in [9.17, 15) is 4.79 Å². The highest BCUT2D eigenvalue weighted by Gasteiger charge is 2.19. The van der Waals surface area contributed by atoms with Crippen LogP contribution in [0, 0.1) is 6.92 Å². The first-order chi connectivity index (χ1) is 9.13. The molecular weight excluding hydrogens is 238 g/mol. The molecule has 1 saturated heterocycles. The molecule has 2 rings (SSSR count). The number of likely N-dealkylation sites (tertiary alicyclic amines) is 1. The van der Waals surface area contributed by atoms with E-state index in [0.29, 0.717) is 18.2 Å². The van der Waals surface area contributed by atoms with Crippen molar-refractivity contribution < 1.29 is 0 Å². The van der Waals surface area contributed by atoms with Crippen molar-refractivity contribution >= 4 is 0 Å². The minimum Gasteiger partial charge on any atom is -0.326 e. The van der Waals surface area contributed by atoms with Crippen LogP contribution in [-0.2, 0) is 13.1 Å². The van der Waals surface area contributed by atoms with E-state index in [4.69, 9.17) is 5.73 Å². The summed E-state index contributed by atoms with van der Waals surface area (Å²) >= 11 is 0. The molecule has 106 valence electrons. The molecule has 2 heterocycles. The van der Waals surface area contributed by atoms with Gasteiger partial charge in [0, 0.05) is 30.4 Å². The van der Waals surface area contributed by atoms with Gasteiger partial charge in [0.15, 0.2) is 0 Å². The molecule has 0 aliphatic carbocycles. The zero-order valence-corrected chi connectivity index (χ0v) is 12.1. The predicted octanol–water partition coefficient (Wildman–Crippen LogP) is 1.49. The molecule has 1 aromatic heterocycles. The van der Waals surface area contributed by atoms with E-state index in [0.717, 1.165) is 18.7 Å². The average molecular weight is 263 g/mol. The number of nitrogens with zero attached hydrogens (tertiary/aromatic N) is 2. The number of hydrogen-bond donors (Lipinski definition) is 1. The molecule has 1 aliphatic rings. The maximum atomic E-state index is 12.2. The Morgan fingerprint density at radius 1 is 1.37 bits per heavy atom. The number of aromatic nitrogens is 1. The minimum absolute atomic E-state index is 0.0842. The Morgan fingerprint density at radius 2 is 2.16 bits per heavy atom. The van der Waals surface area contributed by atoms with Crippen LogP contribution in [0.5, 0.6) is 0 Å². The second kappa shape index (κ2) is 6.35. The second-order valence-electron chi connectivity index (χ2n) is 5.58. The van der Waals surface area contributed by atoms with Crippen LogP contribution < -0.4 is 11.3 Å². The Kier molecular flexibility index (Phi) is 4.77. The molecule has 1 aliphatic heterocycles. The third-order valence-corrected chi connectivity index (χ3v) is 4.30. The lowest BCUT2D eigenvalue weighted by Crippen LogP contribution is -2.38. The van der Waals surface area contributed by atoms with E-state index in [2.05, 4.69) is 11.9 Å². The summed E-state index contributed by atoms with van der Waals surface area (Å²) in [5, 5.41) is 0. The number of nitrogens with two attached hydrogens (primary N) is 1. The summed E-state index contributed by atoms with van der Waals surface area (Å²) < 4.78 is 1.88. The van der Waals surface area contributed by atoms with Gasteiger partial charge in [0.05, 0.1) is 0 Å². The summed E-state index contributed by atoms with van der Waals surface area (Å²) in [4.78, 5) is 14.7. The van der Waals surface area contributed by atoms with Crippen molar-refractivity contribution in [3.63, 3.8) is 0 Å². The zero-order valence-electron chi connectivity index (χ0n) is 12.1. The summed E-state index contributed by atoms with van der Waals surface area (Å²) in [7, 11) is 2.19. The van der Waals surface area contributed by atoms with Gasteiger partial charge in [-0.1, -0.05) is 12.5 Å². The van der Waals surface area contributed by atoms with Gasteiger partial charge < -0.3 is 15.2 Å². The maximum Gasteiger partial charge on any atom is 0.255 e. The summed E-state index contributed by atoms with van der Waals surface area (Å²) in [6.45, 7) is 4.30. The van der Waals surface area contributed by atoms with Gasteiger partial charge in [-0.25, -0.2) is 0 Å². The lowest BCUT2D eigenvalue weighted by Gasteiger charge is -2.32. The molecule has 1 unspecified atom stereocenters. The van der Waals surface area contributed by atoms with Crippen LogP contribution in [0.3, 0.4) is 0 Å². The van der Waals surface area contributed by atoms with Crippen LogP contribution in [0.15, 0.2) is 16.9 Å². The fourth-order valence-electron chi connectivity index (χ4n) is 2.94. The monoisotopic (exact) mass is 263 g/mol. The molecule has 0 spiro atoms. The predicted molar refractivity (Wildman–Crippen MR) is 78.2 cm³/mol. The van der Waals surface area contributed by atoms with Crippen molar-refractivity contribution in [2.24, 2.45) is 5.73 Å². The molecule has 1 fully saturated rings. The molecule has 4 heteroatoms. The van der Waals surface area contributed by atoms with Crippen LogP contribution in [0.1, 0.15) is 36.9 Å². The summed E-state index contributed by atoms with van der Waals surface area (Å²) in [6.07, 6.45) is 4.91. The Balaban J connectivity index is 2.08. The van der Waals surface area contributed by atoms with Crippen LogP contribution in [0.25, 0.3) is 0 Å². The van der Waals surface area contributed by atoms with Crippen molar-refractivity contribution in [3.05, 3.63) is 33.7 Å². The van der Waals surface area contributed by atoms with Gasteiger partial charge in [0.2, 0.25) is 0 Å². The maximum absolute atomic E-state index is 12.2. The van der Waals surface area contributed by atoms with E-state index in [-0.39, 0.29) is 5.56 Å². The van der Waals surface area contributed by atoms with Crippen LogP contribution in [0.2, 0.25) is 0 Å². The van der Waals surface area contributed by atoms with Crippen LogP contribution in [0.4, 0.5) is 0 Å². The van der Waals surface area contributed by atoms with E-state index in [1.54, 1.807) is 0 Å². The first kappa shape index (κ1) is 14.3. The summed E-state index contributed by atoms with van der Waals surface area (Å²) in [5.74, 6) is 0. The fraction of sp³-hybridized carbons (Fsp3) is 0.667. The number of hydrogen-bond acceptors (Lipinski definition) is 3. The Morgan fingerprint density at radius 3 is 2.84 bits per heavy atom. The van der Waals surface area contributed by atoms with E-state index >= 15 is 0 Å². The Bertz CT molecular complexity index is 481. The van der Waals surface area contributed by atoms with Crippen molar-refractivity contribution in [2.45, 2.75) is 51.7 Å². The summed E-state index contributed by atoms with van der Waals surface area (Å²) in [5.41, 5.74) is 7.43. The van der Waals surface area contributed by atoms with Crippen LogP contribution >= 0.6 is 0 Å². The largest absolute Gasteiger partial charge is 0.326 e. The molecule has 0 saturated carbocycles. The van der Waals surface area contributed by atoms with Gasteiger partial charge in [0.1, 0.15) is 0 Å². The second-order valence-corrected chi connectivity index (χ2v) is 5.58. The molecule has 0 amide bonds. The van der Waals surface area contributed by atoms with E-state index in [1.165, 1.54) is 25.8 Å². The standard InChI is InChI=1S/C15H25N3O/c1-12-6-7-13(11-16)15(19)18(12)10-8-14-5-3-4-9-17(14)2/h6-7,14H,3-5,8-11,16H2,1-2H3. The first-order valence-electron chi connectivity index (χ1n) is 7.23. The minimum atomic E-state index is 0.0842. The molecule has 0 radical (unpaired) electrons. The number of rotatable bonds is 4. The number of pyridine rings is 1. The normalized spacial score (nSPS) is 20.7. The zero-order chi connectivity index (χ0) is 13.8. The molecule has 2 N–H and O–H groups in total. The average Bonchev–Trinajstić information content (AvgIpc) is 2.40. The van der Waals surface area contributed by atoms with Crippen molar-refractivity contribution in [3.8, 4) is 0 Å². The van der Waals surface area contributed by atoms with Crippen molar-refractivity contribution in [1.29, 1.82) is 0 Å². The van der Waals surface area contributed by atoms with E-state index in [1.807, 2.05) is 23.6 Å². The molecule has 19 heavy (non-hydrogen) atoms. The van der Waals surface area contributed by atoms with E-state index < -0.39 is 0 Å². The van der Waals surface area contributed by atoms with Crippen molar-refractivity contribution in [2.75, 3.05) is 13.6 Å². The molecule has 1 atom stereocenters. The van der Waals surface area contributed by atoms with Gasteiger partial charge in [-0.15, -0.1) is 0 Å². The lowest BCUT2D eigenvalue weighted by atomic mass is 10.00. The molecule has 4 nitrogen and oxygen atoms in total. The fourth-order valence-corrected chi connectivity index (χ4v) is 2.94. The van der Waals surface area contributed by atoms with Crippen molar-refractivity contribution in [1.82, 2.24) is 9.47 Å². The van der Waals surface area contributed by atoms with Crippen LogP contribution in [-0.4, -0.2) is 29.1 Å². The smallest absolute Gasteiger partial charge is 0.255 e.